The van der Waals surface area contributed by atoms with E-state index in [0.717, 1.165) is 6.42 Å². The zero-order valence-electron chi connectivity index (χ0n) is 10.9. The van der Waals surface area contributed by atoms with Crippen LogP contribution in [0.15, 0.2) is 18.2 Å². The Bertz CT molecular complexity index is 584. The maximum absolute atomic E-state index is 11.5. The van der Waals surface area contributed by atoms with Gasteiger partial charge in [-0.3, -0.25) is 14.9 Å². The molecule has 0 bridgehead atoms. The van der Waals surface area contributed by atoms with E-state index in [1.165, 1.54) is 25.1 Å². The van der Waals surface area contributed by atoms with Crippen molar-refractivity contribution in [2.75, 3.05) is 11.4 Å². The Morgan fingerprint density at radius 1 is 1.45 bits per heavy atom. The summed E-state index contributed by atoms with van der Waals surface area (Å²) in [6.07, 6.45) is 1.27. The van der Waals surface area contributed by atoms with Crippen molar-refractivity contribution < 1.29 is 19.6 Å². The number of carboxylic acids is 1. The standard InChI is InChI=1S/C13H14N2O5/c1-8(16)10-7-9(4-5-11(10)15(19)20)14-6-2-3-12(14)13(17)18/h4-5,7,12H,2-3,6H2,1H3,(H,17,18)/t12-/m0/s1. The molecule has 0 unspecified atom stereocenters. The van der Waals surface area contributed by atoms with Crippen molar-refractivity contribution in [3.63, 3.8) is 0 Å². The highest BCUT2D eigenvalue weighted by Crippen LogP contribution is 2.30. The summed E-state index contributed by atoms with van der Waals surface area (Å²) < 4.78 is 0. The summed E-state index contributed by atoms with van der Waals surface area (Å²) in [5.41, 5.74) is 0.279. The van der Waals surface area contributed by atoms with Crippen LogP contribution < -0.4 is 4.90 Å². The number of ketones is 1. The van der Waals surface area contributed by atoms with E-state index >= 15 is 0 Å². The van der Waals surface area contributed by atoms with Gasteiger partial charge in [0.05, 0.1) is 10.5 Å². The number of hydrogen-bond acceptors (Lipinski definition) is 5. The van der Waals surface area contributed by atoms with Crippen molar-refractivity contribution in [1.29, 1.82) is 0 Å². The Morgan fingerprint density at radius 2 is 2.15 bits per heavy atom. The molecule has 1 N–H and O–H groups in total. The van der Waals surface area contributed by atoms with E-state index in [2.05, 4.69) is 0 Å². The highest BCUT2D eigenvalue weighted by Gasteiger charge is 2.31. The minimum atomic E-state index is -0.926. The Kier molecular flexibility index (Phi) is 3.69. The molecular formula is C13H14N2O5. The zero-order chi connectivity index (χ0) is 14.9. The number of aliphatic carboxylic acids is 1. The number of anilines is 1. The molecule has 0 spiro atoms. The second-order valence-electron chi connectivity index (χ2n) is 4.70. The zero-order valence-corrected chi connectivity index (χ0v) is 10.9. The fourth-order valence-electron chi connectivity index (χ4n) is 2.48. The van der Waals surface area contributed by atoms with Crippen molar-refractivity contribution in [2.24, 2.45) is 0 Å². The number of Topliss-reactive ketones (excluding diaryl/α,β-unsaturated/α-hetero) is 1. The summed E-state index contributed by atoms with van der Waals surface area (Å²) in [4.78, 5) is 34.6. The van der Waals surface area contributed by atoms with E-state index in [0.29, 0.717) is 18.7 Å². The largest absolute Gasteiger partial charge is 0.480 e. The lowest BCUT2D eigenvalue weighted by molar-refractivity contribution is -0.385. The third kappa shape index (κ3) is 2.47. The normalized spacial score (nSPS) is 18.1. The van der Waals surface area contributed by atoms with E-state index < -0.39 is 22.7 Å². The molecule has 7 heteroatoms. The smallest absolute Gasteiger partial charge is 0.326 e. The van der Waals surface area contributed by atoms with Crippen molar-refractivity contribution in [3.8, 4) is 0 Å². The molecule has 1 heterocycles. The molecule has 1 aromatic carbocycles. The molecule has 1 atom stereocenters. The average Bonchev–Trinajstić information content (AvgIpc) is 2.87. The number of hydrogen-bond donors (Lipinski definition) is 1. The predicted octanol–water partition coefficient (Wildman–Crippen LogP) is 1.85. The fraction of sp³-hybridized carbons (Fsp3) is 0.385. The van der Waals surface area contributed by atoms with Crippen LogP contribution in [0.2, 0.25) is 0 Å². The Hall–Kier alpha value is -2.44. The predicted molar refractivity (Wildman–Crippen MR) is 71.1 cm³/mol. The molecule has 0 amide bonds. The number of carbonyl (C=O) groups excluding carboxylic acids is 1. The van der Waals surface area contributed by atoms with Crippen LogP contribution in [0.25, 0.3) is 0 Å². The van der Waals surface area contributed by atoms with Gasteiger partial charge in [-0.05, 0) is 31.9 Å². The lowest BCUT2D eigenvalue weighted by Gasteiger charge is -2.23. The van der Waals surface area contributed by atoms with E-state index in [4.69, 9.17) is 5.11 Å². The molecule has 1 saturated heterocycles. The van der Waals surface area contributed by atoms with Crippen LogP contribution in [-0.2, 0) is 4.79 Å². The maximum atomic E-state index is 11.5. The van der Waals surface area contributed by atoms with Crippen LogP contribution in [0.5, 0.6) is 0 Å². The summed E-state index contributed by atoms with van der Waals surface area (Å²) in [5, 5.41) is 20.0. The second-order valence-corrected chi connectivity index (χ2v) is 4.70. The van der Waals surface area contributed by atoms with Crippen LogP contribution >= 0.6 is 0 Å². The molecule has 106 valence electrons. The van der Waals surface area contributed by atoms with Crippen LogP contribution in [0, 0.1) is 10.1 Å². The molecule has 1 fully saturated rings. The van der Waals surface area contributed by atoms with E-state index in [1.54, 1.807) is 4.90 Å². The molecule has 7 nitrogen and oxygen atoms in total. The molecule has 1 aromatic rings. The van der Waals surface area contributed by atoms with Gasteiger partial charge in [-0.15, -0.1) is 0 Å². The van der Waals surface area contributed by atoms with E-state index in [9.17, 15) is 19.7 Å². The minimum Gasteiger partial charge on any atom is -0.480 e. The molecular weight excluding hydrogens is 264 g/mol. The first-order chi connectivity index (χ1) is 9.41. The first-order valence-electron chi connectivity index (χ1n) is 6.20. The lowest BCUT2D eigenvalue weighted by atomic mass is 10.1. The average molecular weight is 278 g/mol. The number of nitro groups is 1. The van der Waals surface area contributed by atoms with Crippen LogP contribution in [-0.4, -0.2) is 34.4 Å². The molecule has 1 aliphatic heterocycles. The van der Waals surface area contributed by atoms with Gasteiger partial charge >= 0.3 is 5.97 Å². The van der Waals surface area contributed by atoms with Crippen LogP contribution in [0.1, 0.15) is 30.1 Å². The summed E-state index contributed by atoms with van der Waals surface area (Å²) in [6.45, 7) is 1.82. The molecule has 1 aliphatic rings. The number of nitrogens with zero attached hydrogens (tertiary/aromatic N) is 2. The SMILES string of the molecule is CC(=O)c1cc(N2CCC[C@H]2C(=O)O)ccc1[N+](=O)[O-]. The van der Waals surface area contributed by atoms with Crippen LogP contribution in [0.4, 0.5) is 11.4 Å². The van der Waals surface area contributed by atoms with Gasteiger partial charge in [-0.25, -0.2) is 4.79 Å². The topological polar surface area (TPSA) is 101 Å². The Balaban J connectivity index is 2.43. The van der Waals surface area contributed by atoms with Crippen LogP contribution in [0.3, 0.4) is 0 Å². The Labute approximate surface area is 115 Å². The van der Waals surface area contributed by atoms with Gasteiger partial charge in [0.2, 0.25) is 0 Å². The molecule has 2 rings (SSSR count). The van der Waals surface area contributed by atoms with Gasteiger partial charge in [0, 0.05) is 18.3 Å². The number of carbonyl (C=O) groups is 2. The third-order valence-electron chi connectivity index (χ3n) is 3.43. The fourth-order valence-corrected chi connectivity index (χ4v) is 2.48. The molecule has 0 aromatic heterocycles. The molecule has 20 heavy (non-hydrogen) atoms. The first kappa shape index (κ1) is 14.0. The quantitative estimate of drug-likeness (QED) is 0.512. The lowest BCUT2D eigenvalue weighted by Crippen LogP contribution is -2.35. The molecule has 0 saturated carbocycles. The number of carboxylic acid groups (broad SMARTS) is 1. The van der Waals surface area contributed by atoms with Gasteiger partial charge in [-0.2, -0.15) is 0 Å². The van der Waals surface area contributed by atoms with Gasteiger partial charge in [0.1, 0.15) is 6.04 Å². The summed E-state index contributed by atoms with van der Waals surface area (Å²) >= 11 is 0. The first-order valence-corrected chi connectivity index (χ1v) is 6.20. The maximum Gasteiger partial charge on any atom is 0.326 e. The van der Waals surface area contributed by atoms with Crippen molar-refractivity contribution in [3.05, 3.63) is 33.9 Å². The third-order valence-corrected chi connectivity index (χ3v) is 3.43. The van der Waals surface area contributed by atoms with Crippen molar-refractivity contribution >= 4 is 23.1 Å². The van der Waals surface area contributed by atoms with Gasteiger partial charge in [0.25, 0.3) is 5.69 Å². The summed E-state index contributed by atoms with van der Waals surface area (Å²) in [6, 6.07) is 3.51. The summed E-state index contributed by atoms with van der Waals surface area (Å²) in [5.74, 6) is -1.34. The van der Waals surface area contributed by atoms with Crippen molar-refractivity contribution in [1.82, 2.24) is 0 Å². The number of nitro benzene ring substituents is 1. The van der Waals surface area contributed by atoms with E-state index in [1.807, 2.05) is 0 Å². The molecule has 0 radical (unpaired) electrons. The summed E-state index contributed by atoms with van der Waals surface area (Å²) in [7, 11) is 0. The van der Waals surface area contributed by atoms with Gasteiger partial charge in [-0.1, -0.05) is 0 Å². The minimum absolute atomic E-state index is 0.00328. The van der Waals surface area contributed by atoms with E-state index in [-0.39, 0.29) is 11.3 Å². The number of rotatable bonds is 4. The van der Waals surface area contributed by atoms with Crippen molar-refractivity contribution in [2.45, 2.75) is 25.8 Å². The number of benzene rings is 1. The molecule has 0 aliphatic carbocycles. The monoisotopic (exact) mass is 278 g/mol. The van der Waals surface area contributed by atoms with Gasteiger partial charge in [0.15, 0.2) is 5.78 Å². The van der Waals surface area contributed by atoms with Gasteiger partial charge < -0.3 is 10.0 Å². The highest BCUT2D eigenvalue weighted by atomic mass is 16.6. The Morgan fingerprint density at radius 3 is 2.70 bits per heavy atom. The highest BCUT2D eigenvalue weighted by molar-refractivity contribution is 5.99. The second kappa shape index (κ2) is 5.28.